The molecule has 1 atom stereocenters. The van der Waals surface area contributed by atoms with E-state index in [1.54, 1.807) is 30.9 Å². The number of benzene rings is 2. The molecule has 1 heterocycles. The molecule has 0 saturated carbocycles. The van der Waals surface area contributed by atoms with Crippen molar-refractivity contribution in [1.29, 1.82) is 0 Å². The zero-order valence-electron chi connectivity index (χ0n) is 14.7. The molecular formula is C19H19N5O3. The van der Waals surface area contributed by atoms with Crippen LogP contribution in [0.3, 0.4) is 0 Å². The van der Waals surface area contributed by atoms with Gasteiger partial charge in [0.25, 0.3) is 11.6 Å². The Morgan fingerprint density at radius 2 is 2.04 bits per heavy atom. The summed E-state index contributed by atoms with van der Waals surface area (Å²) in [6.07, 6.45) is 5.13. The van der Waals surface area contributed by atoms with Crippen LogP contribution in [0.5, 0.6) is 0 Å². The van der Waals surface area contributed by atoms with Crippen molar-refractivity contribution in [2.75, 3.05) is 5.32 Å². The van der Waals surface area contributed by atoms with Crippen LogP contribution in [0.2, 0.25) is 0 Å². The lowest BCUT2D eigenvalue weighted by molar-refractivity contribution is -0.383. The Kier molecular flexibility index (Phi) is 5.46. The summed E-state index contributed by atoms with van der Waals surface area (Å²) < 4.78 is 1.85. The molecule has 0 unspecified atom stereocenters. The number of amides is 1. The predicted molar refractivity (Wildman–Crippen MR) is 102 cm³/mol. The molecule has 0 spiro atoms. The van der Waals surface area contributed by atoms with Crippen LogP contribution in [0.25, 0.3) is 0 Å². The lowest BCUT2D eigenvalue weighted by Crippen LogP contribution is -2.35. The molecule has 8 heteroatoms. The Morgan fingerprint density at radius 1 is 1.26 bits per heavy atom. The lowest BCUT2D eigenvalue weighted by atomic mass is 10.1. The molecule has 0 saturated heterocycles. The molecule has 0 aliphatic carbocycles. The highest BCUT2D eigenvalue weighted by molar-refractivity contribution is 5.96. The number of carbonyl (C=O) groups excluding carboxylic acids is 1. The molecule has 27 heavy (non-hydrogen) atoms. The summed E-state index contributed by atoms with van der Waals surface area (Å²) in [6, 6.07) is 13.4. The van der Waals surface area contributed by atoms with E-state index in [0.29, 0.717) is 12.2 Å². The van der Waals surface area contributed by atoms with E-state index >= 15 is 0 Å². The first kappa shape index (κ1) is 18.1. The molecular weight excluding hydrogens is 346 g/mol. The summed E-state index contributed by atoms with van der Waals surface area (Å²) >= 11 is 0. The van der Waals surface area contributed by atoms with Crippen molar-refractivity contribution in [3.63, 3.8) is 0 Å². The summed E-state index contributed by atoms with van der Waals surface area (Å²) in [6.45, 7) is 2.42. The molecule has 2 aromatic carbocycles. The minimum Gasteiger partial charge on any atom is -0.350 e. The van der Waals surface area contributed by atoms with Gasteiger partial charge in [0.1, 0.15) is 5.69 Å². The van der Waals surface area contributed by atoms with Gasteiger partial charge >= 0.3 is 0 Å². The smallest absolute Gasteiger partial charge is 0.293 e. The van der Waals surface area contributed by atoms with Crippen LogP contribution < -0.4 is 10.6 Å². The highest BCUT2D eigenvalue weighted by Gasteiger charge is 2.19. The fraction of sp³-hybridized carbons (Fsp3) is 0.158. The van der Waals surface area contributed by atoms with Crippen molar-refractivity contribution < 1.29 is 9.72 Å². The Morgan fingerprint density at radius 3 is 2.70 bits per heavy atom. The fourth-order valence-corrected chi connectivity index (χ4v) is 2.67. The van der Waals surface area contributed by atoms with E-state index < -0.39 is 4.92 Å². The predicted octanol–water partition coefficient (Wildman–Crippen LogP) is 3.35. The molecule has 138 valence electrons. The Hall–Kier alpha value is -3.68. The number of nitrogens with one attached hydrogen (secondary N) is 2. The van der Waals surface area contributed by atoms with Crippen molar-refractivity contribution in [2.45, 2.75) is 19.5 Å². The zero-order valence-corrected chi connectivity index (χ0v) is 14.7. The van der Waals surface area contributed by atoms with E-state index in [1.165, 1.54) is 6.07 Å². The third-order valence-electron chi connectivity index (χ3n) is 3.93. The van der Waals surface area contributed by atoms with Gasteiger partial charge in [0, 0.05) is 42.3 Å². The number of aromatic nitrogens is 2. The number of rotatable bonds is 7. The summed E-state index contributed by atoms with van der Waals surface area (Å²) in [5, 5.41) is 17.3. The van der Waals surface area contributed by atoms with E-state index in [9.17, 15) is 14.9 Å². The third kappa shape index (κ3) is 4.69. The maximum absolute atomic E-state index is 12.4. The van der Waals surface area contributed by atoms with E-state index in [1.807, 2.05) is 41.8 Å². The van der Waals surface area contributed by atoms with Crippen molar-refractivity contribution in [2.24, 2.45) is 0 Å². The molecule has 1 amide bonds. The third-order valence-corrected chi connectivity index (χ3v) is 3.93. The molecule has 0 aliphatic heterocycles. The number of carbonyl (C=O) groups is 1. The molecule has 3 rings (SSSR count). The number of hydrogen-bond acceptors (Lipinski definition) is 5. The second-order valence-corrected chi connectivity index (χ2v) is 6.11. The molecule has 0 bridgehead atoms. The largest absolute Gasteiger partial charge is 0.350 e. The first-order valence-electron chi connectivity index (χ1n) is 8.40. The highest BCUT2D eigenvalue weighted by atomic mass is 16.6. The standard InChI is InChI=1S/C19H19N5O3/c1-14(12-23-10-9-20-13-23)21-19(25)15-7-8-17(18(11-15)24(26)27)22-16-5-3-2-4-6-16/h2-11,13-14,22H,12H2,1H3,(H,21,25)/t14-/m0/s1. The summed E-state index contributed by atoms with van der Waals surface area (Å²) in [5.74, 6) is -0.364. The van der Waals surface area contributed by atoms with Gasteiger partial charge in [-0.05, 0) is 31.2 Å². The van der Waals surface area contributed by atoms with Gasteiger partial charge in [0.2, 0.25) is 0 Å². The molecule has 0 fully saturated rings. The normalized spacial score (nSPS) is 11.6. The van der Waals surface area contributed by atoms with Crippen LogP contribution in [0.15, 0.2) is 67.3 Å². The van der Waals surface area contributed by atoms with Crippen LogP contribution in [-0.4, -0.2) is 26.4 Å². The minimum absolute atomic E-state index is 0.159. The Labute approximate surface area is 156 Å². The van der Waals surface area contributed by atoms with Crippen molar-refractivity contribution in [3.05, 3.63) is 82.9 Å². The van der Waals surface area contributed by atoms with Crippen molar-refractivity contribution in [3.8, 4) is 0 Å². The number of nitro groups is 1. The van der Waals surface area contributed by atoms with E-state index in [2.05, 4.69) is 15.6 Å². The van der Waals surface area contributed by atoms with E-state index in [-0.39, 0.29) is 23.2 Å². The number of hydrogen-bond donors (Lipinski definition) is 2. The first-order chi connectivity index (χ1) is 13.0. The van der Waals surface area contributed by atoms with Crippen LogP contribution >= 0.6 is 0 Å². The number of imidazole rings is 1. The lowest BCUT2D eigenvalue weighted by Gasteiger charge is -2.15. The van der Waals surface area contributed by atoms with Gasteiger partial charge in [-0.25, -0.2) is 4.98 Å². The second-order valence-electron chi connectivity index (χ2n) is 6.11. The zero-order chi connectivity index (χ0) is 19.2. The molecule has 8 nitrogen and oxygen atoms in total. The highest BCUT2D eigenvalue weighted by Crippen LogP contribution is 2.28. The van der Waals surface area contributed by atoms with Crippen LogP contribution in [0, 0.1) is 10.1 Å². The summed E-state index contributed by atoms with van der Waals surface area (Å²) in [4.78, 5) is 27.3. The van der Waals surface area contributed by atoms with E-state index in [4.69, 9.17) is 0 Å². The van der Waals surface area contributed by atoms with Crippen molar-refractivity contribution in [1.82, 2.24) is 14.9 Å². The molecule has 3 aromatic rings. The van der Waals surface area contributed by atoms with E-state index in [0.717, 1.165) is 5.69 Å². The van der Waals surface area contributed by atoms with Crippen molar-refractivity contribution >= 4 is 23.0 Å². The molecule has 0 aliphatic rings. The average Bonchev–Trinajstić information content (AvgIpc) is 3.15. The maximum Gasteiger partial charge on any atom is 0.293 e. The number of para-hydroxylation sites is 1. The van der Waals surface area contributed by atoms with Gasteiger partial charge in [-0.15, -0.1) is 0 Å². The SMILES string of the molecule is C[C@@H](Cn1ccnc1)NC(=O)c1ccc(Nc2ccccc2)c([N+](=O)[O-])c1. The molecule has 1 aromatic heterocycles. The van der Waals surface area contributed by atoms with Crippen LogP contribution in [0.4, 0.5) is 17.1 Å². The van der Waals surface area contributed by atoms with Gasteiger partial charge in [-0.3, -0.25) is 14.9 Å². The molecule has 2 N–H and O–H groups in total. The second kappa shape index (κ2) is 8.13. The Bertz CT molecular complexity index is 926. The van der Waals surface area contributed by atoms with Crippen LogP contribution in [0.1, 0.15) is 17.3 Å². The van der Waals surface area contributed by atoms with Gasteiger partial charge in [0.15, 0.2) is 0 Å². The van der Waals surface area contributed by atoms with Gasteiger partial charge in [0.05, 0.1) is 11.3 Å². The van der Waals surface area contributed by atoms with Gasteiger partial charge < -0.3 is 15.2 Å². The number of anilines is 2. The van der Waals surface area contributed by atoms with Gasteiger partial charge in [-0.2, -0.15) is 0 Å². The topological polar surface area (TPSA) is 102 Å². The number of nitro benzene ring substituents is 1. The average molecular weight is 365 g/mol. The van der Waals surface area contributed by atoms with Crippen LogP contribution in [-0.2, 0) is 6.54 Å². The fourth-order valence-electron chi connectivity index (χ4n) is 2.67. The first-order valence-corrected chi connectivity index (χ1v) is 8.40. The van der Waals surface area contributed by atoms with Gasteiger partial charge in [-0.1, -0.05) is 18.2 Å². The summed E-state index contributed by atoms with van der Waals surface area (Å²) in [7, 11) is 0. The summed E-state index contributed by atoms with van der Waals surface area (Å²) in [5.41, 5.74) is 1.13. The molecule has 0 radical (unpaired) electrons. The number of nitrogens with zero attached hydrogens (tertiary/aromatic N) is 3. The minimum atomic E-state index is -0.503. The monoisotopic (exact) mass is 365 g/mol. The maximum atomic E-state index is 12.4. The Balaban J connectivity index is 1.74. The quantitative estimate of drug-likeness (QED) is 0.494.